The Morgan fingerprint density at radius 3 is 2.75 bits per heavy atom. The molecule has 2 aromatic carbocycles. The largest absolute Gasteiger partial charge is 0.493 e. The average molecular weight is 485 g/mol. The molecule has 4 rings (SSSR count). The minimum absolute atomic E-state index is 0.0101. The van der Waals surface area contributed by atoms with Crippen LogP contribution in [0.15, 0.2) is 52.9 Å². The molecule has 0 spiro atoms. The van der Waals surface area contributed by atoms with E-state index in [0.717, 1.165) is 23.5 Å². The molecule has 1 aliphatic rings. The number of fused-ring (bicyclic) bond motifs is 1. The lowest BCUT2D eigenvalue weighted by atomic mass is 10.0. The van der Waals surface area contributed by atoms with Crippen molar-refractivity contribution < 1.29 is 31.1 Å². The maximum absolute atomic E-state index is 13.0. The van der Waals surface area contributed by atoms with E-state index in [9.17, 15) is 21.6 Å². The molecule has 2 heterocycles. The van der Waals surface area contributed by atoms with E-state index in [-0.39, 0.29) is 16.6 Å². The van der Waals surface area contributed by atoms with Gasteiger partial charge in [0.1, 0.15) is 17.6 Å². The summed E-state index contributed by atoms with van der Waals surface area (Å²) in [4.78, 5) is 3.93. The monoisotopic (exact) mass is 484 g/mol. The summed E-state index contributed by atoms with van der Waals surface area (Å²) >= 11 is 1.16. The third-order valence-corrected chi connectivity index (χ3v) is 7.13. The summed E-state index contributed by atoms with van der Waals surface area (Å²) in [6, 6.07) is 7.87. The molecule has 0 aliphatic carbocycles. The summed E-state index contributed by atoms with van der Waals surface area (Å²) in [7, 11) is -3.85. The van der Waals surface area contributed by atoms with Crippen molar-refractivity contribution in [1.82, 2.24) is 4.98 Å². The first-order valence-corrected chi connectivity index (χ1v) is 12.1. The molecule has 0 fully saturated rings. The Balaban J connectivity index is 1.60. The number of aromatic nitrogens is 1. The first-order chi connectivity index (χ1) is 15.2. The van der Waals surface area contributed by atoms with Gasteiger partial charge in [-0.05, 0) is 36.2 Å². The number of nitrogens with one attached hydrogen (secondary N) is 1. The number of hydrogen-bond donors (Lipinski definition) is 1. The number of alkyl halides is 3. The van der Waals surface area contributed by atoms with E-state index in [2.05, 4.69) is 9.71 Å². The zero-order valence-corrected chi connectivity index (χ0v) is 18.5. The topological polar surface area (TPSA) is 77.5 Å². The number of benzene rings is 2. The SMILES string of the molecule is CCc1cc(C(F)(F)F)ccc1O[C@@H]1CCOc2cc(S(=O)(=O)Nc3nccs3)ccc21. The van der Waals surface area contributed by atoms with Crippen molar-refractivity contribution in [1.29, 1.82) is 0 Å². The zero-order valence-electron chi connectivity index (χ0n) is 16.8. The van der Waals surface area contributed by atoms with Crippen molar-refractivity contribution in [2.45, 2.75) is 36.9 Å². The second kappa shape index (κ2) is 8.62. The highest BCUT2D eigenvalue weighted by atomic mass is 32.2. The van der Waals surface area contributed by atoms with Gasteiger partial charge >= 0.3 is 6.18 Å². The third kappa shape index (κ3) is 4.68. The summed E-state index contributed by atoms with van der Waals surface area (Å²) in [6.45, 7) is 2.04. The van der Waals surface area contributed by atoms with Gasteiger partial charge in [0.15, 0.2) is 5.13 Å². The van der Waals surface area contributed by atoms with Gasteiger partial charge in [0.2, 0.25) is 0 Å². The zero-order chi connectivity index (χ0) is 22.9. The molecule has 0 saturated carbocycles. The Morgan fingerprint density at radius 2 is 2.06 bits per heavy atom. The molecule has 0 saturated heterocycles. The van der Waals surface area contributed by atoms with Crippen molar-refractivity contribution in [3.05, 3.63) is 64.7 Å². The maximum Gasteiger partial charge on any atom is 0.416 e. The number of ether oxygens (including phenoxy) is 2. The van der Waals surface area contributed by atoms with E-state index in [4.69, 9.17) is 9.47 Å². The fraction of sp³-hybridized carbons (Fsp3) is 0.286. The summed E-state index contributed by atoms with van der Waals surface area (Å²) in [6.07, 6.45) is -2.58. The molecule has 1 atom stereocenters. The van der Waals surface area contributed by atoms with Crippen LogP contribution >= 0.6 is 11.3 Å². The smallest absolute Gasteiger partial charge is 0.416 e. The van der Waals surface area contributed by atoms with Crippen LogP contribution in [0.5, 0.6) is 11.5 Å². The van der Waals surface area contributed by atoms with Crippen LogP contribution < -0.4 is 14.2 Å². The van der Waals surface area contributed by atoms with E-state index < -0.39 is 27.9 Å². The number of aryl methyl sites for hydroxylation is 1. The first kappa shape index (κ1) is 22.4. The van der Waals surface area contributed by atoms with Gasteiger partial charge in [0.25, 0.3) is 10.0 Å². The fourth-order valence-corrected chi connectivity index (χ4v) is 5.18. The van der Waals surface area contributed by atoms with E-state index >= 15 is 0 Å². The number of nitrogens with zero attached hydrogens (tertiary/aromatic N) is 1. The van der Waals surface area contributed by atoms with Crippen LogP contribution in [0.3, 0.4) is 0 Å². The second-order valence-electron chi connectivity index (χ2n) is 7.06. The fourth-order valence-electron chi connectivity index (χ4n) is 3.37. The Labute approximate surface area is 187 Å². The van der Waals surface area contributed by atoms with Crippen molar-refractivity contribution in [2.24, 2.45) is 0 Å². The second-order valence-corrected chi connectivity index (χ2v) is 9.64. The summed E-state index contributed by atoms with van der Waals surface area (Å²) < 4.78 is 78.5. The van der Waals surface area contributed by atoms with Gasteiger partial charge in [-0.2, -0.15) is 13.2 Å². The Hall–Kier alpha value is -2.79. The minimum atomic E-state index is -4.43. The van der Waals surface area contributed by atoms with Gasteiger partial charge in [0, 0.05) is 29.6 Å². The van der Waals surface area contributed by atoms with Crippen LogP contribution in [0.1, 0.15) is 36.1 Å². The molecular formula is C21H19F3N2O4S2. The molecule has 170 valence electrons. The van der Waals surface area contributed by atoms with Crippen LogP contribution in [0.2, 0.25) is 0 Å². The average Bonchev–Trinajstić information content (AvgIpc) is 3.25. The van der Waals surface area contributed by atoms with Crippen LogP contribution in [0.25, 0.3) is 0 Å². The van der Waals surface area contributed by atoms with Crippen molar-refractivity contribution in [2.75, 3.05) is 11.3 Å². The van der Waals surface area contributed by atoms with E-state index in [1.165, 1.54) is 24.4 Å². The molecule has 3 aromatic rings. The molecule has 0 unspecified atom stereocenters. The van der Waals surface area contributed by atoms with Gasteiger partial charge in [0.05, 0.1) is 17.1 Å². The highest BCUT2D eigenvalue weighted by Gasteiger charge is 2.32. The number of rotatable bonds is 6. The molecule has 0 radical (unpaired) electrons. The van der Waals surface area contributed by atoms with Crippen molar-refractivity contribution in [3.8, 4) is 11.5 Å². The number of halogens is 3. The molecule has 1 aliphatic heterocycles. The van der Waals surface area contributed by atoms with Crippen LogP contribution in [0.4, 0.5) is 18.3 Å². The number of thiazole rings is 1. The van der Waals surface area contributed by atoms with E-state index in [1.54, 1.807) is 18.4 Å². The van der Waals surface area contributed by atoms with Gasteiger partial charge in [-0.1, -0.05) is 13.0 Å². The molecule has 11 heteroatoms. The lowest BCUT2D eigenvalue weighted by Gasteiger charge is -2.28. The molecule has 6 nitrogen and oxygen atoms in total. The van der Waals surface area contributed by atoms with Crippen LogP contribution in [-0.4, -0.2) is 20.0 Å². The molecule has 1 N–H and O–H groups in total. The van der Waals surface area contributed by atoms with Crippen molar-refractivity contribution in [3.63, 3.8) is 0 Å². The quantitative estimate of drug-likeness (QED) is 0.505. The Kier molecular flexibility index (Phi) is 6.04. The number of anilines is 1. The maximum atomic E-state index is 13.0. The molecular weight excluding hydrogens is 465 g/mol. The molecule has 1 aromatic heterocycles. The standard InChI is InChI=1S/C21H19F3N2O4S2/c1-2-13-11-14(21(22,23)24)3-6-17(13)30-18-7-9-29-19-12-15(4-5-16(18)19)32(27,28)26-20-25-8-10-31-20/h3-6,8,10-12,18H,2,7,9H2,1H3,(H,25,26)/t18-/m1/s1. The van der Waals surface area contributed by atoms with Crippen LogP contribution in [0, 0.1) is 0 Å². The predicted octanol–water partition coefficient (Wildman–Crippen LogP) is 5.43. The summed E-state index contributed by atoms with van der Waals surface area (Å²) in [5, 5.41) is 1.90. The van der Waals surface area contributed by atoms with Gasteiger partial charge in [-0.3, -0.25) is 4.72 Å². The van der Waals surface area contributed by atoms with Gasteiger partial charge < -0.3 is 9.47 Å². The summed E-state index contributed by atoms with van der Waals surface area (Å²) in [5.41, 5.74) is 0.350. The lowest BCUT2D eigenvalue weighted by molar-refractivity contribution is -0.137. The predicted molar refractivity (Wildman–Crippen MR) is 114 cm³/mol. The Bertz CT molecular complexity index is 1210. The first-order valence-electron chi connectivity index (χ1n) is 9.73. The highest BCUT2D eigenvalue weighted by Crippen LogP contribution is 2.39. The summed E-state index contributed by atoms with van der Waals surface area (Å²) in [5.74, 6) is 0.716. The lowest BCUT2D eigenvalue weighted by Crippen LogP contribution is -2.20. The highest BCUT2D eigenvalue weighted by molar-refractivity contribution is 7.93. The van der Waals surface area contributed by atoms with E-state index in [1.807, 2.05) is 0 Å². The molecule has 0 amide bonds. The minimum Gasteiger partial charge on any atom is -0.493 e. The van der Waals surface area contributed by atoms with Gasteiger partial charge in [-0.15, -0.1) is 11.3 Å². The Morgan fingerprint density at radius 1 is 1.25 bits per heavy atom. The van der Waals surface area contributed by atoms with Gasteiger partial charge in [-0.25, -0.2) is 13.4 Å². The third-order valence-electron chi connectivity index (χ3n) is 4.97. The van der Waals surface area contributed by atoms with Crippen molar-refractivity contribution >= 4 is 26.5 Å². The normalized spacial score (nSPS) is 16.2. The number of hydrogen-bond acceptors (Lipinski definition) is 6. The van der Waals surface area contributed by atoms with Crippen LogP contribution in [-0.2, 0) is 22.6 Å². The molecule has 0 bridgehead atoms. The van der Waals surface area contributed by atoms with E-state index in [0.29, 0.717) is 35.5 Å². The number of sulfonamides is 1. The molecule has 32 heavy (non-hydrogen) atoms.